The maximum absolute atomic E-state index is 13.2. The number of ether oxygens (including phenoxy) is 1. The molecule has 3 aromatic rings. The van der Waals surface area contributed by atoms with E-state index >= 15 is 0 Å². The first-order valence-corrected chi connectivity index (χ1v) is 8.28. The molecule has 0 bridgehead atoms. The second kappa shape index (κ2) is 4.81. The van der Waals surface area contributed by atoms with Crippen LogP contribution < -0.4 is 4.74 Å². The molecule has 2 heteroatoms. The lowest BCUT2D eigenvalue weighted by atomic mass is 9.63. The van der Waals surface area contributed by atoms with E-state index in [0.29, 0.717) is 13.0 Å². The molecule has 2 nitrogen and oxygen atoms in total. The standard InChI is InChI=1S/C22H16O2/c23-20-12-10-16-6-2-4-8-18(16)22(20)13-14-24-19-11-9-15-5-1-3-7-17(15)21(19)22/h1-12H,13-14H2/t22-/m1/s1. The number of fused-ring (bicyclic) bond motifs is 6. The number of hydrogen-bond donors (Lipinski definition) is 0. The van der Waals surface area contributed by atoms with E-state index in [-0.39, 0.29) is 5.78 Å². The number of allylic oxidation sites excluding steroid dienone is 1. The van der Waals surface area contributed by atoms with Crippen LogP contribution in [0.25, 0.3) is 16.8 Å². The maximum Gasteiger partial charge on any atom is 0.170 e. The van der Waals surface area contributed by atoms with Crippen molar-refractivity contribution in [2.75, 3.05) is 6.61 Å². The van der Waals surface area contributed by atoms with E-state index in [0.717, 1.165) is 33.2 Å². The first-order valence-electron chi connectivity index (χ1n) is 8.28. The summed E-state index contributed by atoms with van der Waals surface area (Å²) in [6.07, 6.45) is 4.34. The fraction of sp³-hybridized carbons (Fsp3) is 0.136. The van der Waals surface area contributed by atoms with Crippen molar-refractivity contribution in [2.45, 2.75) is 11.8 Å². The Kier molecular flexibility index (Phi) is 2.72. The van der Waals surface area contributed by atoms with Crippen molar-refractivity contribution in [3.05, 3.63) is 83.4 Å². The van der Waals surface area contributed by atoms with Crippen LogP contribution in [0.15, 0.2) is 66.7 Å². The summed E-state index contributed by atoms with van der Waals surface area (Å²) in [7, 11) is 0. The van der Waals surface area contributed by atoms with E-state index in [2.05, 4.69) is 30.3 Å². The molecule has 1 aliphatic heterocycles. The molecule has 0 radical (unpaired) electrons. The molecule has 116 valence electrons. The second-order valence-corrected chi connectivity index (χ2v) is 6.45. The molecule has 1 aliphatic carbocycles. The predicted molar refractivity (Wildman–Crippen MR) is 95.3 cm³/mol. The molecule has 24 heavy (non-hydrogen) atoms. The summed E-state index contributed by atoms with van der Waals surface area (Å²) in [6, 6.07) is 20.5. The molecule has 0 N–H and O–H groups in total. The predicted octanol–water partition coefficient (Wildman–Crippen LogP) is 4.50. The summed E-state index contributed by atoms with van der Waals surface area (Å²) in [5.41, 5.74) is 2.60. The van der Waals surface area contributed by atoms with Crippen LogP contribution in [0.5, 0.6) is 5.75 Å². The van der Waals surface area contributed by atoms with Crippen molar-refractivity contribution in [3.8, 4) is 5.75 Å². The van der Waals surface area contributed by atoms with Gasteiger partial charge >= 0.3 is 0 Å². The van der Waals surface area contributed by atoms with Crippen LogP contribution in [0, 0.1) is 0 Å². The van der Waals surface area contributed by atoms with E-state index in [1.54, 1.807) is 6.08 Å². The average molecular weight is 312 g/mol. The van der Waals surface area contributed by atoms with Crippen LogP contribution in [-0.4, -0.2) is 12.4 Å². The van der Waals surface area contributed by atoms with E-state index in [1.165, 1.54) is 0 Å². The zero-order valence-electron chi connectivity index (χ0n) is 13.2. The number of carbonyl (C=O) groups is 1. The smallest absolute Gasteiger partial charge is 0.170 e. The number of hydrogen-bond acceptors (Lipinski definition) is 2. The summed E-state index contributed by atoms with van der Waals surface area (Å²) in [5.74, 6) is 0.987. The summed E-state index contributed by atoms with van der Waals surface area (Å²) < 4.78 is 5.95. The molecule has 2 aliphatic rings. The first kappa shape index (κ1) is 13.6. The minimum Gasteiger partial charge on any atom is -0.493 e. The number of carbonyl (C=O) groups excluding carboxylic acids is 1. The molecule has 5 rings (SSSR count). The second-order valence-electron chi connectivity index (χ2n) is 6.45. The topological polar surface area (TPSA) is 26.3 Å². The highest BCUT2D eigenvalue weighted by atomic mass is 16.5. The third-order valence-corrected chi connectivity index (χ3v) is 5.31. The van der Waals surface area contributed by atoms with Gasteiger partial charge in [0.25, 0.3) is 0 Å². The highest BCUT2D eigenvalue weighted by Gasteiger charge is 2.47. The third kappa shape index (κ3) is 1.63. The number of ketones is 1. The molecule has 1 heterocycles. The third-order valence-electron chi connectivity index (χ3n) is 5.31. The van der Waals surface area contributed by atoms with Crippen molar-refractivity contribution in [1.82, 2.24) is 0 Å². The fourth-order valence-electron chi connectivity index (χ4n) is 4.24. The number of benzene rings is 3. The Morgan fingerprint density at radius 1 is 0.875 bits per heavy atom. The zero-order chi connectivity index (χ0) is 16.1. The molecule has 0 fully saturated rings. The zero-order valence-corrected chi connectivity index (χ0v) is 13.2. The van der Waals surface area contributed by atoms with Crippen molar-refractivity contribution < 1.29 is 9.53 Å². The molecule has 1 spiro atoms. The van der Waals surface area contributed by atoms with Crippen molar-refractivity contribution in [2.24, 2.45) is 0 Å². The molecule has 0 aromatic heterocycles. The van der Waals surface area contributed by atoms with Crippen LogP contribution >= 0.6 is 0 Å². The Morgan fingerprint density at radius 2 is 1.71 bits per heavy atom. The summed E-state index contributed by atoms with van der Waals surface area (Å²) >= 11 is 0. The van der Waals surface area contributed by atoms with E-state index in [4.69, 9.17) is 4.74 Å². The van der Waals surface area contributed by atoms with Crippen LogP contribution in [-0.2, 0) is 10.2 Å². The van der Waals surface area contributed by atoms with Gasteiger partial charge in [0.1, 0.15) is 5.75 Å². The van der Waals surface area contributed by atoms with E-state index < -0.39 is 5.41 Å². The van der Waals surface area contributed by atoms with Crippen molar-refractivity contribution in [3.63, 3.8) is 0 Å². The largest absolute Gasteiger partial charge is 0.493 e. The molecular formula is C22H16O2. The maximum atomic E-state index is 13.2. The summed E-state index contributed by atoms with van der Waals surface area (Å²) in [4.78, 5) is 13.2. The van der Waals surface area contributed by atoms with E-state index in [1.807, 2.05) is 36.4 Å². The molecule has 0 amide bonds. The molecule has 1 atom stereocenters. The van der Waals surface area contributed by atoms with Gasteiger partial charge in [-0.3, -0.25) is 4.79 Å². The molecule has 0 unspecified atom stereocenters. The number of rotatable bonds is 0. The molecule has 0 saturated carbocycles. The van der Waals surface area contributed by atoms with Crippen LogP contribution in [0.3, 0.4) is 0 Å². The van der Waals surface area contributed by atoms with Crippen molar-refractivity contribution in [1.29, 1.82) is 0 Å². The van der Waals surface area contributed by atoms with Gasteiger partial charge in [0.05, 0.1) is 12.0 Å². The summed E-state index contributed by atoms with van der Waals surface area (Å²) in [6.45, 7) is 0.555. The Labute approximate surface area is 140 Å². The lowest BCUT2D eigenvalue weighted by Gasteiger charge is -2.40. The van der Waals surface area contributed by atoms with Gasteiger partial charge < -0.3 is 4.74 Å². The van der Waals surface area contributed by atoms with Crippen LogP contribution in [0.1, 0.15) is 23.1 Å². The summed E-state index contributed by atoms with van der Waals surface area (Å²) in [5, 5.41) is 2.24. The highest BCUT2D eigenvalue weighted by Crippen LogP contribution is 2.50. The Balaban J connectivity index is 1.94. The Hall–Kier alpha value is -2.87. The van der Waals surface area contributed by atoms with Gasteiger partial charge in [-0.15, -0.1) is 0 Å². The van der Waals surface area contributed by atoms with Crippen molar-refractivity contribution >= 4 is 22.6 Å². The monoisotopic (exact) mass is 312 g/mol. The van der Waals surface area contributed by atoms with Crippen LogP contribution in [0.2, 0.25) is 0 Å². The normalized spacial score (nSPS) is 21.4. The lowest BCUT2D eigenvalue weighted by molar-refractivity contribution is -0.119. The van der Waals surface area contributed by atoms with Gasteiger partial charge in [-0.25, -0.2) is 0 Å². The first-order chi connectivity index (χ1) is 11.8. The fourth-order valence-corrected chi connectivity index (χ4v) is 4.24. The average Bonchev–Trinajstić information content (AvgIpc) is 2.65. The van der Waals surface area contributed by atoms with Gasteiger partial charge in [0, 0.05) is 12.0 Å². The Morgan fingerprint density at radius 3 is 2.67 bits per heavy atom. The van der Waals surface area contributed by atoms with Gasteiger partial charge in [-0.1, -0.05) is 60.7 Å². The SMILES string of the molecule is O=C1C=Cc2ccccc2[C@]12CCOc1ccc3ccccc3c12. The highest BCUT2D eigenvalue weighted by molar-refractivity contribution is 6.10. The molecular weight excluding hydrogens is 296 g/mol. The van der Waals surface area contributed by atoms with Crippen LogP contribution in [0.4, 0.5) is 0 Å². The van der Waals surface area contributed by atoms with E-state index in [9.17, 15) is 4.79 Å². The van der Waals surface area contributed by atoms with Gasteiger partial charge in [0.15, 0.2) is 5.78 Å². The lowest BCUT2D eigenvalue weighted by Crippen LogP contribution is -2.42. The quantitative estimate of drug-likeness (QED) is 0.611. The van der Waals surface area contributed by atoms with Gasteiger partial charge in [-0.2, -0.15) is 0 Å². The van der Waals surface area contributed by atoms with Gasteiger partial charge in [0.2, 0.25) is 0 Å². The molecule has 3 aromatic carbocycles. The van der Waals surface area contributed by atoms with Gasteiger partial charge in [-0.05, 0) is 34.0 Å². The Bertz CT molecular complexity index is 1020. The minimum absolute atomic E-state index is 0.155. The molecule has 0 saturated heterocycles. The minimum atomic E-state index is -0.639.